The average Bonchev–Trinajstić information content (AvgIpc) is 2.72. The number of aromatic nitrogens is 3. The molecule has 1 aliphatic heterocycles. The number of anilines is 2. The number of piperazine rings is 1. The Balaban J connectivity index is 1.57. The Morgan fingerprint density at radius 2 is 1.77 bits per heavy atom. The predicted octanol–water partition coefficient (Wildman–Crippen LogP) is 2.07. The van der Waals surface area contributed by atoms with Gasteiger partial charge >= 0.3 is 0 Å². The van der Waals surface area contributed by atoms with E-state index in [4.69, 9.17) is 0 Å². The normalized spacial score (nSPS) is 14.4. The van der Waals surface area contributed by atoms with Gasteiger partial charge in [-0.15, -0.1) is 0 Å². The number of rotatable bonds is 6. The van der Waals surface area contributed by atoms with E-state index in [9.17, 15) is 4.79 Å². The van der Waals surface area contributed by atoms with Crippen LogP contribution in [0.3, 0.4) is 0 Å². The summed E-state index contributed by atoms with van der Waals surface area (Å²) in [5.41, 5.74) is 0.402. The summed E-state index contributed by atoms with van der Waals surface area (Å²) in [4.78, 5) is 31.7. The molecule has 1 fully saturated rings. The molecule has 3 heterocycles. The van der Waals surface area contributed by atoms with Crippen molar-refractivity contribution in [1.29, 1.82) is 0 Å². The summed E-state index contributed by atoms with van der Waals surface area (Å²) < 4.78 is 0. The summed E-state index contributed by atoms with van der Waals surface area (Å²) in [6.45, 7) is 6.34. The molecular weight excluding hydrogens is 328 g/mol. The fraction of sp³-hybridized carbons (Fsp3) is 0.474. The first-order valence-electron chi connectivity index (χ1n) is 9.17. The van der Waals surface area contributed by atoms with E-state index in [1.165, 1.54) is 0 Å². The molecule has 0 spiro atoms. The minimum Gasteiger partial charge on any atom is -0.353 e. The van der Waals surface area contributed by atoms with Crippen molar-refractivity contribution < 1.29 is 4.79 Å². The van der Waals surface area contributed by atoms with Crippen molar-refractivity contribution >= 4 is 17.5 Å². The predicted molar refractivity (Wildman–Crippen MR) is 103 cm³/mol. The van der Waals surface area contributed by atoms with Gasteiger partial charge in [-0.2, -0.15) is 0 Å². The highest BCUT2D eigenvalue weighted by molar-refractivity contribution is 5.91. The van der Waals surface area contributed by atoms with E-state index < -0.39 is 0 Å². The Morgan fingerprint density at radius 3 is 2.35 bits per heavy atom. The van der Waals surface area contributed by atoms with Crippen molar-refractivity contribution in [3.05, 3.63) is 42.5 Å². The van der Waals surface area contributed by atoms with Crippen LogP contribution >= 0.6 is 0 Å². The number of hydrogen-bond acceptors (Lipinski definition) is 6. The average molecular weight is 354 g/mol. The zero-order chi connectivity index (χ0) is 18.4. The number of nitrogens with zero attached hydrogens (tertiary/aromatic N) is 6. The maximum atomic E-state index is 12.3. The van der Waals surface area contributed by atoms with Crippen LogP contribution in [0.15, 0.2) is 36.8 Å². The molecule has 0 unspecified atom stereocenters. The van der Waals surface area contributed by atoms with Gasteiger partial charge in [0.15, 0.2) is 0 Å². The van der Waals surface area contributed by atoms with Crippen LogP contribution in [0.5, 0.6) is 0 Å². The van der Waals surface area contributed by atoms with Gasteiger partial charge in [0.05, 0.1) is 12.4 Å². The third kappa shape index (κ3) is 4.28. The smallest absolute Gasteiger partial charge is 0.273 e. The highest BCUT2D eigenvalue weighted by atomic mass is 16.2. The monoisotopic (exact) mass is 354 g/mol. The molecule has 1 saturated heterocycles. The van der Waals surface area contributed by atoms with Crippen LogP contribution in [0.25, 0.3) is 0 Å². The number of unbranched alkanes of at least 4 members (excludes halogenated alkanes) is 1. The van der Waals surface area contributed by atoms with Crippen LogP contribution in [0.2, 0.25) is 0 Å². The lowest BCUT2D eigenvalue weighted by atomic mass is 10.3. The van der Waals surface area contributed by atoms with Gasteiger partial charge in [0, 0.05) is 46.0 Å². The van der Waals surface area contributed by atoms with Crippen molar-refractivity contribution in [3.8, 4) is 0 Å². The van der Waals surface area contributed by atoms with E-state index in [2.05, 4.69) is 31.7 Å². The summed E-state index contributed by atoms with van der Waals surface area (Å²) in [6, 6.07) is 5.97. The highest BCUT2D eigenvalue weighted by Gasteiger charge is 2.20. The Bertz CT molecular complexity index is 698. The van der Waals surface area contributed by atoms with Crippen LogP contribution in [0.4, 0.5) is 11.6 Å². The summed E-state index contributed by atoms with van der Waals surface area (Å²) in [6.07, 6.45) is 7.17. The Labute approximate surface area is 154 Å². The standard InChI is InChI=1S/C19H26N6O/c1-3-4-9-23(2)19(26)16-14-22-18(15-21-16)25-12-10-24(11-13-25)17-7-5-6-8-20-17/h5-8,14-15H,3-4,9-13H2,1-2H3. The largest absolute Gasteiger partial charge is 0.353 e. The summed E-state index contributed by atoms with van der Waals surface area (Å²) in [7, 11) is 1.81. The van der Waals surface area contributed by atoms with E-state index in [1.807, 2.05) is 31.4 Å². The number of pyridine rings is 1. The molecular formula is C19H26N6O. The van der Waals surface area contributed by atoms with Crippen LogP contribution in [-0.4, -0.2) is 65.5 Å². The minimum atomic E-state index is -0.0718. The van der Waals surface area contributed by atoms with E-state index in [0.29, 0.717) is 5.69 Å². The molecule has 2 aromatic heterocycles. The fourth-order valence-electron chi connectivity index (χ4n) is 2.99. The third-order valence-electron chi connectivity index (χ3n) is 4.63. The van der Waals surface area contributed by atoms with E-state index in [0.717, 1.165) is 57.2 Å². The summed E-state index contributed by atoms with van der Waals surface area (Å²) in [5, 5.41) is 0. The van der Waals surface area contributed by atoms with E-state index >= 15 is 0 Å². The van der Waals surface area contributed by atoms with Gasteiger partial charge in [-0.25, -0.2) is 15.0 Å². The lowest BCUT2D eigenvalue weighted by Crippen LogP contribution is -2.47. The van der Waals surface area contributed by atoms with Crippen molar-refractivity contribution in [3.63, 3.8) is 0 Å². The number of amides is 1. The molecule has 3 rings (SSSR count). The molecule has 7 heteroatoms. The van der Waals surface area contributed by atoms with Crippen LogP contribution in [0.1, 0.15) is 30.3 Å². The molecule has 0 bridgehead atoms. The Morgan fingerprint density at radius 1 is 1.04 bits per heavy atom. The molecule has 2 aromatic rings. The van der Waals surface area contributed by atoms with Crippen molar-refractivity contribution in [2.24, 2.45) is 0 Å². The molecule has 1 aliphatic rings. The minimum absolute atomic E-state index is 0.0718. The maximum absolute atomic E-state index is 12.3. The van der Waals surface area contributed by atoms with Gasteiger partial charge in [-0.1, -0.05) is 19.4 Å². The Hall–Kier alpha value is -2.70. The molecule has 0 atom stereocenters. The molecule has 0 aromatic carbocycles. The first kappa shape index (κ1) is 18.1. The first-order chi connectivity index (χ1) is 12.7. The van der Waals surface area contributed by atoms with E-state index in [1.54, 1.807) is 17.3 Å². The molecule has 0 aliphatic carbocycles. The van der Waals surface area contributed by atoms with Gasteiger partial charge in [0.25, 0.3) is 5.91 Å². The lowest BCUT2D eigenvalue weighted by molar-refractivity contribution is 0.0787. The number of carbonyl (C=O) groups excluding carboxylic acids is 1. The van der Waals surface area contributed by atoms with Crippen LogP contribution in [-0.2, 0) is 0 Å². The van der Waals surface area contributed by atoms with Gasteiger partial charge in [-0.05, 0) is 18.6 Å². The summed E-state index contributed by atoms with van der Waals surface area (Å²) >= 11 is 0. The topological polar surface area (TPSA) is 65.5 Å². The van der Waals surface area contributed by atoms with Crippen LogP contribution < -0.4 is 9.80 Å². The molecule has 7 nitrogen and oxygen atoms in total. The maximum Gasteiger partial charge on any atom is 0.273 e. The fourth-order valence-corrected chi connectivity index (χ4v) is 2.99. The quantitative estimate of drug-likeness (QED) is 0.791. The zero-order valence-corrected chi connectivity index (χ0v) is 15.5. The molecule has 1 amide bonds. The van der Waals surface area contributed by atoms with Crippen molar-refractivity contribution in [1.82, 2.24) is 19.9 Å². The van der Waals surface area contributed by atoms with Crippen molar-refractivity contribution in [2.75, 3.05) is 49.6 Å². The Kier molecular flexibility index (Phi) is 5.99. The van der Waals surface area contributed by atoms with E-state index in [-0.39, 0.29) is 5.91 Å². The second-order valence-corrected chi connectivity index (χ2v) is 6.50. The third-order valence-corrected chi connectivity index (χ3v) is 4.63. The van der Waals surface area contributed by atoms with Crippen molar-refractivity contribution in [2.45, 2.75) is 19.8 Å². The molecule has 26 heavy (non-hydrogen) atoms. The number of carbonyl (C=O) groups is 1. The molecule has 0 saturated carbocycles. The first-order valence-corrected chi connectivity index (χ1v) is 9.17. The summed E-state index contributed by atoms with van der Waals surface area (Å²) in [5.74, 6) is 1.75. The second-order valence-electron chi connectivity index (χ2n) is 6.50. The highest BCUT2D eigenvalue weighted by Crippen LogP contribution is 2.16. The van der Waals surface area contributed by atoms with Gasteiger partial charge in [-0.3, -0.25) is 4.79 Å². The molecule has 138 valence electrons. The zero-order valence-electron chi connectivity index (χ0n) is 15.5. The van der Waals surface area contributed by atoms with Gasteiger partial charge in [0.1, 0.15) is 17.3 Å². The van der Waals surface area contributed by atoms with Gasteiger partial charge < -0.3 is 14.7 Å². The molecule has 0 N–H and O–H groups in total. The second kappa shape index (κ2) is 8.60. The van der Waals surface area contributed by atoms with Crippen LogP contribution in [0, 0.1) is 0 Å². The SMILES string of the molecule is CCCCN(C)C(=O)c1cnc(N2CCN(c3ccccn3)CC2)cn1. The van der Waals surface area contributed by atoms with Gasteiger partial charge in [0.2, 0.25) is 0 Å². The molecule has 0 radical (unpaired) electrons. The number of hydrogen-bond donors (Lipinski definition) is 0. The lowest BCUT2D eigenvalue weighted by Gasteiger charge is -2.35.